The molecular weight excluding hydrogens is 440 g/mol. The van der Waals surface area contributed by atoms with Gasteiger partial charge in [0.05, 0.1) is 35.9 Å². The van der Waals surface area contributed by atoms with E-state index < -0.39 is 12.3 Å². The van der Waals surface area contributed by atoms with Gasteiger partial charge in [-0.05, 0) is 46.5 Å². The van der Waals surface area contributed by atoms with Gasteiger partial charge in [-0.15, -0.1) is 0 Å². The van der Waals surface area contributed by atoms with Gasteiger partial charge in [0, 0.05) is 37.3 Å². The maximum Gasteiger partial charge on any atom is 0.241 e. The summed E-state index contributed by atoms with van der Waals surface area (Å²) in [6.07, 6.45) is 4.57. The maximum absolute atomic E-state index is 13.2. The molecule has 34 heavy (non-hydrogen) atoms. The number of hydrogen-bond acceptors (Lipinski definition) is 7. The average molecular weight is 472 g/mol. The van der Waals surface area contributed by atoms with Gasteiger partial charge in [0.2, 0.25) is 12.4 Å². The third kappa shape index (κ3) is 4.35. The number of ether oxygens (including phenoxy) is 1. The summed E-state index contributed by atoms with van der Waals surface area (Å²) in [5.74, 6) is -0.117. The summed E-state index contributed by atoms with van der Waals surface area (Å²) in [7, 11) is 1.69. The Morgan fingerprint density at radius 2 is 1.85 bits per heavy atom. The number of nitrogens with zero attached hydrogens (tertiary/aromatic N) is 7. The van der Waals surface area contributed by atoms with Crippen molar-refractivity contribution in [2.75, 3.05) is 25.1 Å². The standard InChI is InChI=1S/C24H31F2N7O/c1-5-32(12-19(34-4)17-10-27-33(11-17)18-6-7-18)24-30-20(15-8-16(9-15)22(25)26)21-23(31-24)29-14(3)13(2)28-21/h10-11,15-16,18-19,22H,5-9,12H2,1-4H3/t15?,16?,19-/m1/s1. The van der Waals surface area contributed by atoms with Crippen molar-refractivity contribution >= 4 is 17.1 Å². The van der Waals surface area contributed by atoms with E-state index in [2.05, 4.69) is 16.3 Å². The first kappa shape index (κ1) is 23.0. The predicted octanol–water partition coefficient (Wildman–Crippen LogP) is 4.54. The SMILES string of the molecule is CCN(C[C@@H](OC)c1cnn(C2CC2)c1)c1nc(C2CC(C(F)F)C2)c2nc(C)c(C)nc2n1. The number of alkyl halides is 2. The van der Waals surface area contributed by atoms with Crippen LogP contribution in [0.15, 0.2) is 12.4 Å². The van der Waals surface area contributed by atoms with Gasteiger partial charge in [0.15, 0.2) is 5.65 Å². The molecule has 3 aromatic heterocycles. The van der Waals surface area contributed by atoms with Gasteiger partial charge in [-0.25, -0.2) is 23.7 Å². The summed E-state index contributed by atoms with van der Waals surface area (Å²) in [5, 5.41) is 4.50. The molecule has 2 aliphatic rings. The van der Waals surface area contributed by atoms with Crippen LogP contribution < -0.4 is 4.90 Å². The van der Waals surface area contributed by atoms with E-state index in [1.54, 1.807) is 7.11 Å². The first-order valence-electron chi connectivity index (χ1n) is 12.0. The van der Waals surface area contributed by atoms with E-state index in [1.165, 1.54) is 12.8 Å². The highest BCUT2D eigenvalue weighted by Gasteiger charge is 2.39. The van der Waals surface area contributed by atoms with E-state index >= 15 is 0 Å². The van der Waals surface area contributed by atoms with Crippen LogP contribution in [0, 0.1) is 19.8 Å². The van der Waals surface area contributed by atoms with E-state index in [9.17, 15) is 8.78 Å². The largest absolute Gasteiger partial charge is 0.375 e. The third-order valence-electron chi connectivity index (χ3n) is 7.12. The van der Waals surface area contributed by atoms with Gasteiger partial charge >= 0.3 is 0 Å². The van der Waals surface area contributed by atoms with Crippen molar-refractivity contribution in [3.63, 3.8) is 0 Å². The van der Waals surface area contributed by atoms with Gasteiger partial charge < -0.3 is 9.64 Å². The molecule has 5 rings (SSSR count). The minimum Gasteiger partial charge on any atom is -0.375 e. The Hall–Kier alpha value is -2.75. The summed E-state index contributed by atoms with van der Waals surface area (Å²) in [5.41, 5.74) is 4.47. The molecule has 1 atom stereocenters. The van der Waals surface area contributed by atoms with Crippen LogP contribution in [0.25, 0.3) is 11.2 Å². The van der Waals surface area contributed by atoms with Crippen LogP contribution >= 0.6 is 0 Å². The molecule has 0 aromatic carbocycles. The van der Waals surface area contributed by atoms with Crippen molar-refractivity contribution in [3.8, 4) is 0 Å². The molecule has 10 heteroatoms. The molecule has 8 nitrogen and oxygen atoms in total. The number of hydrogen-bond donors (Lipinski definition) is 0. The zero-order chi connectivity index (χ0) is 24.0. The zero-order valence-corrected chi connectivity index (χ0v) is 20.1. The molecule has 0 spiro atoms. The number of methoxy groups -OCH3 is 1. The Labute approximate surface area is 197 Å². The molecule has 2 aliphatic carbocycles. The van der Waals surface area contributed by atoms with Crippen LogP contribution in [-0.2, 0) is 4.74 Å². The molecule has 2 fully saturated rings. The van der Waals surface area contributed by atoms with Crippen molar-refractivity contribution in [1.29, 1.82) is 0 Å². The third-order valence-corrected chi connectivity index (χ3v) is 7.12. The summed E-state index contributed by atoms with van der Waals surface area (Å²) in [4.78, 5) is 21.0. The van der Waals surface area contributed by atoms with E-state index in [4.69, 9.17) is 19.7 Å². The molecule has 3 aromatic rings. The normalized spacial score (nSPS) is 21.1. The molecular formula is C24H31F2N7O. The second-order valence-corrected chi connectivity index (χ2v) is 9.49. The van der Waals surface area contributed by atoms with Gasteiger partial charge in [-0.3, -0.25) is 4.68 Å². The lowest BCUT2D eigenvalue weighted by Gasteiger charge is -2.35. The highest BCUT2D eigenvalue weighted by Crippen LogP contribution is 2.45. The highest BCUT2D eigenvalue weighted by molar-refractivity contribution is 5.75. The minimum atomic E-state index is -2.30. The van der Waals surface area contributed by atoms with Gasteiger partial charge in [0.25, 0.3) is 0 Å². The topological polar surface area (TPSA) is 81.9 Å². The van der Waals surface area contributed by atoms with Crippen LogP contribution in [0.2, 0.25) is 0 Å². The van der Waals surface area contributed by atoms with E-state index in [1.807, 2.05) is 36.5 Å². The van der Waals surface area contributed by atoms with Gasteiger partial charge in [-0.2, -0.15) is 10.1 Å². The van der Waals surface area contributed by atoms with Crippen LogP contribution in [0.5, 0.6) is 0 Å². The van der Waals surface area contributed by atoms with Crippen LogP contribution in [0.4, 0.5) is 14.7 Å². The molecule has 0 N–H and O–H groups in total. The average Bonchev–Trinajstić information content (AvgIpc) is 3.51. The van der Waals surface area contributed by atoms with Crippen molar-refractivity contribution in [2.45, 2.75) is 70.9 Å². The summed E-state index contributed by atoms with van der Waals surface area (Å²) < 4.78 is 34.2. The van der Waals surface area contributed by atoms with Crippen LogP contribution in [0.3, 0.4) is 0 Å². The molecule has 0 bridgehead atoms. The van der Waals surface area contributed by atoms with Crippen LogP contribution in [-0.4, -0.2) is 56.3 Å². The molecule has 3 heterocycles. The van der Waals surface area contributed by atoms with Gasteiger partial charge in [0.1, 0.15) is 11.6 Å². The second-order valence-electron chi connectivity index (χ2n) is 9.49. The number of anilines is 1. The second kappa shape index (κ2) is 9.13. The molecule has 0 radical (unpaired) electrons. The fourth-order valence-corrected chi connectivity index (χ4v) is 4.56. The quantitative estimate of drug-likeness (QED) is 0.453. The number of aromatic nitrogens is 6. The zero-order valence-electron chi connectivity index (χ0n) is 20.1. The van der Waals surface area contributed by atoms with E-state index in [0.717, 1.165) is 22.6 Å². The molecule has 0 saturated heterocycles. The van der Waals surface area contributed by atoms with E-state index in [0.29, 0.717) is 49.1 Å². The number of fused-ring (bicyclic) bond motifs is 1. The Kier molecular flexibility index (Phi) is 6.18. The summed E-state index contributed by atoms with van der Waals surface area (Å²) in [6, 6.07) is 0.504. The van der Waals surface area contributed by atoms with E-state index in [-0.39, 0.29) is 12.0 Å². The molecule has 182 valence electrons. The number of aryl methyl sites for hydroxylation is 2. The first-order valence-corrected chi connectivity index (χ1v) is 12.0. The molecule has 0 amide bonds. The number of rotatable bonds is 9. The minimum absolute atomic E-state index is 0.0617. The Morgan fingerprint density at radius 1 is 1.12 bits per heavy atom. The fourth-order valence-electron chi connectivity index (χ4n) is 4.56. The monoisotopic (exact) mass is 471 g/mol. The van der Waals surface area contributed by atoms with Crippen molar-refractivity contribution in [1.82, 2.24) is 29.7 Å². The molecule has 2 saturated carbocycles. The predicted molar refractivity (Wildman–Crippen MR) is 124 cm³/mol. The molecule has 0 unspecified atom stereocenters. The maximum atomic E-state index is 13.2. The van der Waals surface area contributed by atoms with Gasteiger partial charge in [-0.1, -0.05) is 0 Å². The Morgan fingerprint density at radius 3 is 2.50 bits per heavy atom. The highest BCUT2D eigenvalue weighted by atomic mass is 19.3. The molecule has 0 aliphatic heterocycles. The lowest BCUT2D eigenvalue weighted by molar-refractivity contribution is 0.0221. The van der Waals surface area contributed by atoms with Crippen molar-refractivity contribution < 1.29 is 13.5 Å². The van der Waals surface area contributed by atoms with Crippen molar-refractivity contribution in [2.24, 2.45) is 5.92 Å². The number of likely N-dealkylation sites (N-methyl/N-ethyl adjacent to an activating group) is 1. The number of halogens is 2. The summed E-state index contributed by atoms with van der Waals surface area (Å²) in [6.45, 7) is 7.03. The summed E-state index contributed by atoms with van der Waals surface area (Å²) >= 11 is 0. The fraction of sp³-hybridized carbons (Fsp3) is 0.625. The lowest BCUT2D eigenvalue weighted by Crippen LogP contribution is -2.32. The Balaban J connectivity index is 1.47. The van der Waals surface area contributed by atoms with Crippen molar-refractivity contribution in [3.05, 3.63) is 35.0 Å². The smallest absolute Gasteiger partial charge is 0.241 e. The van der Waals surface area contributed by atoms with Crippen LogP contribution in [0.1, 0.15) is 73.3 Å². The first-order chi connectivity index (χ1) is 16.4. The lowest BCUT2D eigenvalue weighted by atomic mass is 9.73. The Bertz CT molecular complexity index is 1170.